The van der Waals surface area contributed by atoms with Crippen LogP contribution < -0.4 is 10.1 Å². The topological polar surface area (TPSA) is 58.6 Å². The number of carbonyl (C=O) groups excluding carboxylic acids is 1. The zero-order valence-electron chi connectivity index (χ0n) is 11.2. The molecular formula is C15H19NO3. The van der Waals surface area contributed by atoms with Crippen LogP contribution in [0.3, 0.4) is 0 Å². The number of amides is 1. The fourth-order valence-electron chi connectivity index (χ4n) is 1.61. The van der Waals surface area contributed by atoms with Crippen LogP contribution in [0.15, 0.2) is 24.3 Å². The number of rotatable bonds is 6. The Morgan fingerprint density at radius 3 is 2.84 bits per heavy atom. The highest BCUT2D eigenvalue weighted by molar-refractivity contribution is 5.80. The van der Waals surface area contributed by atoms with Gasteiger partial charge in [0.15, 0.2) is 6.10 Å². The van der Waals surface area contributed by atoms with E-state index in [0.717, 1.165) is 0 Å². The highest BCUT2D eigenvalue weighted by atomic mass is 16.5. The van der Waals surface area contributed by atoms with Crippen molar-refractivity contribution in [2.75, 3.05) is 6.54 Å². The third-order valence-corrected chi connectivity index (χ3v) is 2.70. The van der Waals surface area contributed by atoms with Crippen molar-refractivity contribution in [3.8, 4) is 18.1 Å². The van der Waals surface area contributed by atoms with Crippen molar-refractivity contribution in [3.05, 3.63) is 29.8 Å². The van der Waals surface area contributed by atoms with Crippen LogP contribution in [-0.2, 0) is 4.79 Å². The van der Waals surface area contributed by atoms with Crippen LogP contribution in [0.5, 0.6) is 5.75 Å². The Kier molecular flexibility index (Phi) is 5.91. The fourth-order valence-corrected chi connectivity index (χ4v) is 1.61. The molecule has 0 saturated carbocycles. The molecule has 0 aromatic heterocycles. The van der Waals surface area contributed by atoms with Gasteiger partial charge in [-0.1, -0.05) is 31.0 Å². The smallest absolute Gasteiger partial charge is 0.261 e. The van der Waals surface area contributed by atoms with Crippen molar-refractivity contribution in [1.29, 1.82) is 0 Å². The van der Waals surface area contributed by atoms with E-state index in [1.807, 2.05) is 13.0 Å². The first-order chi connectivity index (χ1) is 9.10. The van der Waals surface area contributed by atoms with E-state index in [2.05, 4.69) is 11.2 Å². The molecule has 0 heterocycles. The Balaban J connectivity index is 2.76. The predicted molar refractivity (Wildman–Crippen MR) is 73.6 cm³/mol. The number of terminal acetylenes is 1. The largest absolute Gasteiger partial charge is 0.481 e. The summed E-state index contributed by atoms with van der Waals surface area (Å²) in [6.45, 7) is 3.69. The highest BCUT2D eigenvalue weighted by Crippen LogP contribution is 2.27. The minimum atomic E-state index is -0.668. The molecule has 1 unspecified atom stereocenters. The molecule has 4 heteroatoms. The first-order valence-electron chi connectivity index (χ1n) is 6.25. The molecule has 0 bridgehead atoms. The minimum absolute atomic E-state index is 0.172. The summed E-state index contributed by atoms with van der Waals surface area (Å²) < 4.78 is 5.59. The van der Waals surface area contributed by atoms with Crippen LogP contribution in [0.25, 0.3) is 0 Å². The molecule has 102 valence electrons. The Morgan fingerprint density at radius 2 is 2.21 bits per heavy atom. The highest BCUT2D eigenvalue weighted by Gasteiger charge is 2.17. The van der Waals surface area contributed by atoms with E-state index in [9.17, 15) is 9.90 Å². The zero-order valence-corrected chi connectivity index (χ0v) is 11.2. The van der Waals surface area contributed by atoms with Crippen LogP contribution in [0.1, 0.15) is 31.9 Å². The molecule has 2 atom stereocenters. The number of benzene rings is 1. The van der Waals surface area contributed by atoms with E-state index in [-0.39, 0.29) is 12.5 Å². The summed E-state index contributed by atoms with van der Waals surface area (Å²) in [4.78, 5) is 11.7. The first kappa shape index (κ1) is 15.1. The Morgan fingerprint density at radius 1 is 1.53 bits per heavy atom. The van der Waals surface area contributed by atoms with Crippen LogP contribution in [0.4, 0.5) is 0 Å². The molecule has 0 spiro atoms. The molecule has 0 saturated heterocycles. The summed E-state index contributed by atoms with van der Waals surface area (Å²) in [5, 5.41) is 12.4. The van der Waals surface area contributed by atoms with E-state index in [1.165, 1.54) is 0 Å². The number of nitrogens with one attached hydrogen (secondary N) is 1. The number of para-hydroxylation sites is 1. The van der Waals surface area contributed by atoms with Gasteiger partial charge in [0.2, 0.25) is 0 Å². The molecule has 0 aliphatic rings. The van der Waals surface area contributed by atoms with Crippen molar-refractivity contribution >= 4 is 5.91 Å². The van der Waals surface area contributed by atoms with Crippen molar-refractivity contribution in [2.45, 2.75) is 32.5 Å². The normalized spacial score (nSPS) is 13.2. The number of aliphatic hydroxyl groups excluding tert-OH is 1. The lowest BCUT2D eigenvalue weighted by atomic mass is 10.1. The van der Waals surface area contributed by atoms with Gasteiger partial charge in [-0.15, -0.1) is 6.42 Å². The van der Waals surface area contributed by atoms with E-state index in [4.69, 9.17) is 11.2 Å². The number of aliphatic hydroxyl groups is 1. The summed E-state index contributed by atoms with van der Waals surface area (Å²) in [5.41, 5.74) is 0.682. The van der Waals surface area contributed by atoms with Gasteiger partial charge in [0.25, 0.3) is 5.91 Å². The van der Waals surface area contributed by atoms with Gasteiger partial charge in [0.05, 0.1) is 12.6 Å². The average Bonchev–Trinajstić information content (AvgIpc) is 2.44. The maximum atomic E-state index is 11.7. The Bertz CT molecular complexity index is 465. The van der Waals surface area contributed by atoms with Crippen LogP contribution in [0, 0.1) is 12.3 Å². The van der Waals surface area contributed by atoms with E-state index >= 15 is 0 Å². The van der Waals surface area contributed by atoms with E-state index in [1.54, 1.807) is 25.1 Å². The summed E-state index contributed by atoms with van der Waals surface area (Å²) in [6.07, 6.45) is 4.39. The average molecular weight is 261 g/mol. The van der Waals surface area contributed by atoms with Gasteiger partial charge in [-0.25, -0.2) is 0 Å². The number of hydrogen-bond acceptors (Lipinski definition) is 3. The molecule has 1 aromatic carbocycles. The second-order valence-corrected chi connectivity index (χ2v) is 4.14. The lowest BCUT2D eigenvalue weighted by Crippen LogP contribution is -2.36. The minimum Gasteiger partial charge on any atom is -0.481 e. The lowest BCUT2D eigenvalue weighted by molar-refractivity contribution is -0.127. The molecule has 1 amide bonds. The van der Waals surface area contributed by atoms with Gasteiger partial charge in [-0.05, 0) is 19.4 Å². The third kappa shape index (κ3) is 4.31. The maximum Gasteiger partial charge on any atom is 0.261 e. The molecule has 0 radical (unpaired) electrons. The van der Waals surface area contributed by atoms with Crippen molar-refractivity contribution in [2.24, 2.45) is 0 Å². The quantitative estimate of drug-likeness (QED) is 0.765. The number of carbonyl (C=O) groups is 1. The Hall–Kier alpha value is -1.99. The summed E-state index contributed by atoms with van der Waals surface area (Å²) in [7, 11) is 0. The Labute approximate surface area is 113 Å². The predicted octanol–water partition coefficient (Wildman–Crippen LogP) is 1.65. The van der Waals surface area contributed by atoms with Crippen molar-refractivity contribution < 1.29 is 14.6 Å². The standard InChI is InChI=1S/C15H19NO3/c1-4-10-16-15(18)11(3)19-14-9-7-6-8-12(14)13(17)5-2/h1,6-9,11,13,17H,5,10H2,2-3H3,(H,16,18)/t11?,13-/m0/s1. The molecular weight excluding hydrogens is 242 g/mol. The molecule has 1 aromatic rings. The van der Waals surface area contributed by atoms with Gasteiger partial charge in [0.1, 0.15) is 5.75 Å². The third-order valence-electron chi connectivity index (χ3n) is 2.70. The van der Waals surface area contributed by atoms with Crippen LogP contribution in [0.2, 0.25) is 0 Å². The second kappa shape index (κ2) is 7.45. The molecule has 2 N–H and O–H groups in total. The molecule has 0 aliphatic carbocycles. The van der Waals surface area contributed by atoms with E-state index in [0.29, 0.717) is 17.7 Å². The van der Waals surface area contributed by atoms with Crippen molar-refractivity contribution in [1.82, 2.24) is 5.32 Å². The molecule has 1 rings (SSSR count). The van der Waals surface area contributed by atoms with Gasteiger partial charge in [-0.2, -0.15) is 0 Å². The van der Waals surface area contributed by atoms with E-state index < -0.39 is 12.2 Å². The number of ether oxygens (including phenoxy) is 1. The summed E-state index contributed by atoms with van der Waals surface area (Å²) >= 11 is 0. The lowest BCUT2D eigenvalue weighted by Gasteiger charge is -2.18. The number of hydrogen-bond donors (Lipinski definition) is 2. The van der Waals surface area contributed by atoms with Crippen LogP contribution >= 0.6 is 0 Å². The summed E-state index contributed by atoms with van der Waals surface area (Å²) in [5.74, 6) is 2.56. The van der Waals surface area contributed by atoms with Gasteiger partial charge < -0.3 is 15.2 Å². The molecule has 19 heavy (non-hydrogen) atoms. The summed E-state index contributed by atoms with van der Waals surface area (Å²) in [6, 6.07) is 7.15. The zero-order chi connectivity index (χ0) is 14.3. The monoisotopic (exact) mass is 261 g/mol. The molecule has 0 aliphatic heterocycles. The van der Waals surface area contributed by atoms with Crippen LogP contribution in [-0.4, -0.2) is 23.7 Å². The fraction of sp³-hybridized carbons (Fsp3) is 0.400. The van der Waals surface area contributed by atoms with Gasteiger partial charge >= 0.3 is 0 Å². The molecule has 0 fully saturated rings. The van der Waals surface area contributed by atoms with Crippen molar-refractivity contribution in [3.63, 3.8) is 0 Å². The SMILES string of the molecule is C#CCNC(=O)C(C)Oc1ccccc1[C@@H](O)CC. The second-order valence-electron chi connectivity index (χ2n) is 4.14. The maximum absolute atomic E-state index is 11.7. The van der Waals surface area contributed by atoms with Gasteiger partial charge in [0, 0.05) is 5.56 Å². The first-order valence-corrected chi connectivity index (χ1v) is 6.25. The molecule has 4 nitrogen and oxygen atoms in total. The van der Waals surface area contributed by atoms with Gasteiger partial charge in [-0.3, -0.25) is 4.79 Å².